The fourth-order valence-electron chi connectivity index (χ4n) is 0.699. The van der Waals surface area contributed by atoms with E-state index in [0.29, 0.717) is 12.3 Å². The second kappa shape index (κ2) is 8.51. The molecule has 0 amide bonds. The molecule has 0 fully saturated rings. The fourth-order valence-corrected chi connectivity index (χ4v) is 0.699. The van der Waals surface area contributed by atoms with E-state index < -0.39 is 0 Å². The van der Waals surface area contributed by atoms with Gasteiger partial charge in [-0.3, -0.25) is 0 Å². The second-order valence-corrected chi connectivity index (χ2v) is 3.21. The normalized spacial score (nSPS) is 10.2. The Morgan fingerprint density at radius 3 is 2.75 bits per heavy atom. The molecule has 3 nitrogen and oxygen atoms in total. The summed E-state index contributed by atoms with van der Waals surface area (Å²) in [5.41, 5.74) is 2.87. The molecule has 0 bridgehead atoms. The summed E-state index contributed by atoms with van der Waals surface area (Å²) < 4.78 is 0. The van der Waals surface area contributed by atoms with Gasteiger partial charge in [-0.25, -0.2) is 5.48 Å². The molecule has 0 spiro atoms. The van der Waals surface area contributed by atoms with Crippen molar-refractivity contribution >= 4 is 0 Å². The predicted molar refractivity (Wildman–Crippen MR) is 48.3 cm³/mol. The maximum Gasteiger partial charge on any atom is 0.0705 e. The number of nitriles is 1. The Kier molecular flexibility index (Phi) is 8.09. The molecule has 0 aliphatic heterocycles. The van der Waals surface area contributed by atoms with Crippen LogP contribution in [0.1, 0.15) is 33.1 Å². The van der Waals surface area contributed by atoms with E-state index in [2.05, 4.69) is 25.4 Å². The maximum absolute atomic E-state index is 8.24. The van der Waals surface area contributed by atoms with E-state index in [0.717, 1.165) is 26.0 Å². The van der Waals surface area contributed by atoms with E-state index in [1.54, 1.807) is 0 Å². The number of hydroxylamine groups is 1. The molecule has 0 heterocycles. The standard InChI is InChI=1S/C9H18N2O/c1-9(2)8-12-11-7-5-3-4-6-10/h9,11H,3-5,7-8H2,1-2H3. The van der Waals surface area contributed by atoms with Gasteiger partial charge in [0, 0.05) is 13.0 Å². The lowest BCUT2D eigenvalue weighted by Gasteiger charge is -2.06. The Bertz CT molecular complexity index is 129. The molecule has 12 heavy (non-hydrogen) atoms. The first-order valence-corrected chi connectivity index (χ1v) is 4.49. The van der Waals surface area contributed by atoms with Gasteiger partial charge in [0.15, 0.2) is 0 Å². The molecule has 0 aliphatic carbocycles. The van der Waals surface area contributed by atoms with Crippen molar-refractivity contribution in [2.45, 2.75) is 33.1 Å². The molecule has 0 saturated heterocycles. The number of unbranched alkanes of at least 4 members (excludes halogenated alkanes) is 2. The number of hydrogen-bond acceptors (Lipinski definition) is 3. The van der Waals surface area contributed by atoms with Gasteiger partial charge in [0.1, 0.15) is 0 Å². The highest BCUT2D eigenvalue weighted by atomic mass is 16.6. The first kappa shape index (κ1) is 11.4. The van der Waals surface area contributed by atoms with Gasteiger partial charge in [0.25, 0.3) is 0 Å². The van der Waals surface area contributed by atoms with Crippen molar-refractivity contribution in [3.8, 4) is 6.07 Å². The summed E-state index contributed by atoms with van der Waals surface area (Å²) in [5.74, 6) is 0.566. The minimum Gasteiger partial charge on any atom is -0.302 e. The van der Waals surface area contributed by atoms with Crippen LogP contribution in [0.5, 0.6) is 0 Å². The molecule has 0 atom stereocenters. The van der Waals surface area contributed by atoms with E-state index in [-0.39, 0.29) is 0 Å². The molecule has 3 heteroatoms. The summed E-state index contributed by atoms with van der Waals surface area (Å²) in [7, 11) is 0. The lowest BCUT2D eigenvalue weighted by atomic mass is 10.2. The van der Waals surface area contributed by atoms with Crippen molar-refractivity contribution in [3.05, 3.63) is 0 Å². The monoisotopic (exact) mass is 170 g/mol. The van der Waals surface area contributed by atoms with Crippen LogP contribution in [0.2, 0.25) is 0 Å². The Hall–Kier alpha value is -0.590. The predicted octanol–water partition coefficient (Wildman–Crippen LogP) is 1.86. The van der Waals surface area contributed by atoms with Crippen LogP contribution in [0.25, 0.3) is 0 Å². The third-order valence-electron chi connectivity index (χ3n) is 1.34. The number of nitrogens with one attached hydrogen (secondary N) is 1. The van der Waals surface area contributed by atoms with E-state index in [9.17, 15) is 0 Å². The summed E-state index contributed by atoms with van der Waals surface area (Å²) >= 11 is 0. The molecule has 0 unspecified atom stereocenters. The first-order valence-electron chi connectivity index (χ1n) is 4.49. The zero-order chi connectivity index (χ0) is 9.23. The maximum atomic E-state index is 8.24. The van der Waals surface area contributed by atoms with Crippen LogP contribution in [0.15, 0.2) is 0 Å². The highest BCUT2D eigenvalue weighted by Gasteiger charge is 1.92. The second-order valence-electron chi connectivity index (χ2n) is 3.21. The number of rotatable bonds is 7. The number of hydrogen-bond donors (Lipinski definition) is 1. The van der Waals surface area contributed by atoms with Gasteiger partial charge in [-0.15, -0.1) is 0 Å². The molecular formula is C9H18N2O. The molecule has 0 aromatic heterocycles. The van der Waals surface area contributed by atoms with Gasteiger partial charge in [-0.05, 0) is 18.8 Å². The molecule has 0 radical (unpaired) electrons. The molecule has 0 saturated carbocycles. The van der Waals surface area contributed by atoms with Crippen molar-refractivity contribution < 1.29 is 4.84 Å². The minimum absolute atomic E-state index is 0.566. The van der Waals surface area contributed by atoms with E-state index in [1.165, 1.54) is 0 Å². The Labute approximate surface area is 74.7 Å². The molecular weight excluding hydrogens is 152 g/mol. The van der Waals surface area contributed by atoms with Gasteiger partial charge < -0.3 is 4.84 Å². The summed E-state index contributed by atoms with van der Waals surface area (Å²) in [5, 5.41) is 8.24. The third-order valence-corrected chi connectivity index (χ3v) is 1.34. The molecule has 0 rings (SSSR count). The highest BCUT2D eigenvalue weighted by Crippen LogP contribution is 1.93. The smallest absolute Gasteiger partial charge is 0.0705 e. The summed E-state index contributed by atoms with van der Waals surface area (Å²) in [6.07, 6.45) is 2.60. The van der Waals surface area contributed by atoms with Crippen LogP contribution in [0.3, 0.4) is 0 Å². The lowest BCUT2D eigenvalue weighted by molar-refractivity contribution is 0.0233. The molecule has 1 N–H and O–H groups in total. The molecule has 0 aliphatic rings. The van der Waals surface area contributed by atoms with E-state index in [4.69, 9.17) is 10.1 Å². The van der Waals surface area contributed by atoms with Gasteiger partial charge in [-0.1, -0.05) is 13.8 Å². The van der Waals surface area contributed by atoms with Crippen molar-refractivity contribution in [3.63, 3.8) is 0 Å². The van der Waals surface area contributed by atoms with Crippen LogP contribution in [0.4, 0.5) is 0 Å². The largest absolute Gasteiger partial charge is 0.302 e. The van der Waals surface area contributed by atoms with E-state index >= 15 is 0 Å². The zero-order valence-corrected chi connectivity index (χ0v) is 7.97. The van der Waals surface area contributed by atoms with Crippen molar-refractivity contribution in [1.29, 1.82) is 5.26 Å². The van der Waals surface area contributed by atoms with Crippen molar-refractivity contribution in [2.24, 2.45) is 5.92 Å². The van der Waals surface area contributed by atoms with Crippen molar-refractivity contribution in [1.82, 2.24) is 5.48 Å². The SMILES string of the molecule is CC(C)CONCCCCC#N. The summed E-state index contributed by atoms with van der Waals surface area (Å²) in [6.45, 7) is 5.81. The highest BCUT2D eigenvalue weighted by molar-refractivity contribution is 4.67. The van der Waals surface area contributed by atoms with Gasteiger partial charge >= 0.3 is 0 Å². The van der Waals surface area contributed by atoms with Gasteiger partial charge in [0.05, 0.1) is 12.7 Å². The van der Waals surface area contributed by atoms with Crippen LogP contribution >= 0.6 is 0 Å². The van der Waals surface area contributed by atoms with Gasteiger partial charge in [0.2, 0.25) is 0 Å². The van der Waals surface area contributed by atoms with Gasteiger partial charge in [-0.2, -0.15) is 5.26 Å². The van der Waals surface area contributed by atoms with Crippen LogP contribution in [0, 0.1) is 17.2 Å². The Balaban J connectivity index is 2.87. The van der Waals surface area contributed by atoms with Crippen LogP contribution in [-0.4, -0.2) is 13.2 Å². The summed E-state index contributed by atoms with van der Waals surface area (Å²) in [6, 6.07) is 2.11. The Morgan fingerprint density at radius 1 is 1.42 bits per heavy atom. The Morgan fingerprint density at radius 2 is 2.17 bits per heavy atom. The van der Waals surface area contributed by atoms with Crippen LogP contribution in [-0.2, 0) is 4.84 Å². The topological polar surface area (TPSA) is 45.0 Å². The third kappa shape index (κ3) is 9.41. The fraction of sp³-hybridized carbons (Fsp3) is 0.889. The lowest BCUT2D eigenvalue weighted by Crippen LogP contribution is -2.18. The minimum atomic E-state index is 0.566. The molecule has 0 aromatic rings. The summed E-state index contributed by atoms with van der Waals surface area (Å²) in [4.78, 5) is 5.14. The number of nitrogens with zero attached hydrogens (tertiary/aromatic N) is 1. The van der Waals surface area contributed by atoms with Crippen LogP contribution < -0.4 is 5.48 Å². The molecule has 0 aromatic carbocycles. The average molecular weight is 170 g/mol. The quantitative estimate of drug-likeness (QED) is 0.468. The molecule has 70 valence electrons. The van der Waals surface area contributed by atoms with E-state index in [1.807, 2.05) is 0 Å². The van der Waals surface area contributed by atoms with Crippen molar-refractivity contribution in [2.75, 3.05) is 13.2 Å². The first-order chi connectivity index (χ1) is 5.77. The average Bonchev–Trinajstić information content (AvgIpc) is 2.02. The zero-order valence-electron chi connectivity index (χ0n) is 7.97.